The van der Waals surface area contributed by atoms with Crippen LogP contribution in [0.5, 0.6) is 0 Å². The average molecular weight is 383 g/mol. The first kappa shape index (κ1) is 19.2. The monoisotopic (exact) mass is 382 g/mol. The number of piperidine rings is 1. The van der Waals surface area contributed by atoms with Crippen LogP contribution in [0.4, 0.5) is 0 Å². The van der Waals surface area contributed by atoms with Crippen LogP contribution in [0.25, 0.3) is 5.69 Å². The Balaban J connectivity index is 1.48. The Morgan fingerprint density at radius 2 is 1.86 bits per heavy atom. The summed E-state index contributed by atoms with van der Waals surface area (Å²) in [7, 11) is 0. The van der Waals surface area contributed by atoms with E-state index in [0.717, 1.165) is 63.6 Å². The molecule has 1 spiro atoms. The normalized spacial score (nSPS) is 19.9. The Hall–Kier alpha value is -2.18. The Morgan fingerprint density at radius 3 is 2.54 bits per heavy atom. The average Bonchev–Trinajstić information content (AvgIpc) is 2.97. The lowest BCUT2D eigenvalue weighted by Crippen LogP contribution is -2.57. The number of morpholine rings is 1. The van der Waals surface area contributed by atoms with Gasteiger partial charge in [0.05, 0.1) is 23.6 Å². The van der Waals surface area contributed by atoms with Crippen molar-refractivity contribution in [2.45, 2.75) is 45.8 Å². The summed E-state index contributed by atoms with van der Waals surface area (Å²) >= 11 is 0. The first-order chi connectivity index (χ1) is 13.5. The summed E-state index contributed by atoms with van der Waals surface area (Å²) < 4.78 is 8.28. The molecule has 2 aliphatic rings. The van der Waals surface area contributed by atoms with Crippen LogP contribution in [0.1, 0.15) is 36.7 Å². The minimum Gasteiger partial charge on any atom is -0.372 e. The zero-order valence-electron chi connectivity index (χ0n) is 17.1. The molecule has 2 aliphatic heterocycles. The van der Waals surface area contributed by atoms with Crippen molar-refractivity contribution >= 4 is 5.91 Å². The van der Waals surface area contributed by atoms with Gasteiger partial charge >= 0.3 is 0 Å². The molecule has 4 rings (SSSR count). The van der Waals surface area contributed by atoms with E-state index in [1.165, 1.54) is 11.3 Å². The summed E-state index contributed by atoms with van der Waals surface area (Å²) in [6.07, 6.45) is 1.84. The molecule has 150 valence electrons. The van der Waals surface area contributed by atoms with E-state index >= 15 is 0 Å². The van der Waals surface area contributed by atoms with Gasteiger partial charge in [-0.3, -0.25) is 9.69 Å². The smallest absolute Gasteiger partial charge is 0.219 e. The molecule has 6 nitrogen and oxygen atoms in total. The number of para-hydroxylation sites is 1. The van der Waals surface area contributed by atoms with Crippen LogP contribution >= 0.6 is 0 Å². The fourth-order valence-corrected chi connectivity index (χ4v) is 4.54. The first-order valence-electron chi connectivity index (χ1n) is 10.2. The molecule has 0 bridgehead atoms. The van der Waals surface area contributed by atoms with Gasteiger partial charge in [0.2, 0.25) is 5.91 Å². The van der Waals surface area contributed by atoms with Gasteiger partial charge in [-0.1, -0.05) is 18.2 Å². The first-order valence-corrected chi connectivity index (χ1v) is 10.2. The Morgan fingerprint density at radius 1 is 1.14 bits per heavy atom. The van der Waals surface area contributed by atoms with Crippen molar-refractivity contribution < 1.29 is 9.53 Å². The van der Waals surface area contributed by atoms with Crippen LogP contribution in [0, 0.1) is 13.8 Å². The third-order valence-corrected chi connectivity index (χ3v) is 6.27. The van der Waals surface area contributed by atoms with Gasteiger partial charge in [-0.25, -0.2) is 4.68 Å². The lowest BCUT2D eigenvalue weighted by Gasteiger charge is -2.47. The second kappa shape index (κ2) is 7.68. The quantitative estimate of drug-likeness (QED) is 0.819. The van der Waals surface area contributed by atoms with E-state index in [4.69, 9.17) is 9.84 Å². The number of aryl methyl sites for hydroxylation is 1. The number of rotatable bonds is 3. The Kier molecular flexibility index (Phi) is 5.25. The fourth-order valence-electron chi connectivity index (χ4n) is 4.54. The van der Waals surface area contributed by atoms with Crippen molar-refractivity contribution in [3.63, 3.8) is 0 Å². The van der Waals surface area contributed by atoms with Crippen LogP contribution in [-0.4, -0.2) is 63.9 Å². The summed E-state index contributed by atoms with van der Waals surface area (Å²) in [6.45, 7) is 11.0. The molecule has 6 heteroatoms. The van der Waals surface area contributed by atoms with Gasteiger partial charge in [0.1, 0.15) is 0 Å². The van der Waals surface area contributed by atoms with Crippen LogP contribution in [0.2, 0.25) is 0 Å². The van der Waals surface area contributed by atoms with Crippen molar-refractivity contribution in [1.29, 1.82) is 0 Å². The van der Waals surface area contributed by atoms with Gasteiger partial charge in [-0.15, -0.1) is 0 Å². The number of hydrogen-bond donors (Lipinski definition) is 0. The fraction of sp³-hybridized carbons (Fsp3) is 0.545. The standard InChI is InChI=1S/C22H30N4O2/c1-17-21(18(2)26(23-17)20-7-5-4-6-8-20)15-24-13-14-28-22(16-24)9-11-25(12-10-22)19(3)27/h4-8H,9-16H2,1-3H3. The highest BCUT2D eigenvalue weighted by Crippen LogP contribution is 2.31. The lowest BCUT2D eigenvalue weighted by molar-refractivity contribution is -0.149. The van der Waals surface area contributed by atoms with Gasteiger partial charge in [0.25, 0.3) is 0 Å². The molecular formula is C22H30N4O2. The number of hydrogen-bond acceptors (Lipinski definition) is 4. The van der Waals surface area contributed by atoms with E-state index < -0.39 is 0 Å². The van der Waals surface area contributed by atoms with Crippen molar-refractivity contribution in [3.05, 3.63) is 47.3 Å². The van der Waals surface area contributed by atoms with Gasteiger partial charge in [0, 0.05) is 50.9 Å². The van der Waals surface area contributed by atoms with Gasteiger partial charge < -0.3 is 9.64 Å². The molecule has 0 saturated carbocycles. The number of ether oxygens (including phenoxy) is 1. The molecule has 0 unspecified atom stereocenters. The van der Waals surface area contributed by atoms with Crippen LogP contribution in [0.3, 0.4) is 0 Å². The second-order valence-electron chi connectivity index (χ2n) is 8.14. The molecule has 0 aliphatic carbocycles. The van der Waals surface area contributed by atoms with Gasteiger partial charge in [-0.2, -0.15) is 5.10 Å². The van der Waals surface area contributed by atoms with E-state index in [0.29, 0.717) is 0 Å². The van der Waals surface area contributed by atoms with E-state index in [1.54, 1.807) is 6.92 Å². The summed E-state index contributed by atoms with van der Waals surface area (Å²) in [4.78, 5) is 16.1. The molecule has 1 amide bonds. The van der Waals surface area contributed by atoms with Crippen LogP contribution < -0.4 is 0 Å². The molecule has 1 aromatic heterocycles. The topological polar surface area (TPSA) is 50.6 Å². The summed E-state index contributed by atoms with van der Waals surface area (Å²) in [5, 5.41) is 4.79. The summed E-state index contributed by atoms with van der Waals surface area (Å²) in [5.74, 6) is 0.169. The zero-order valence-corrected chi connectivity index (χ0v) is 17.1. The number of benzene rings is 1. The maximum atomic E-state index is 11.6. The zero-order chi connectivity index (χ0) is 19.7. The largest absolute Gasteiger partial charge is 0.372 e. The number of nitrogens with zero attached hydrogens (tertiary/aromatic N) is 4. The second-order valence-corrected chi connectivity index (χ2v) is 8.14. The van der Waals surface area contributed by atoms with Gasteiger partial charge in [0.15, 0.2) is 0 Å². The van der Waals surface area contributed by atoms with Crippen molar-refractivity contribution in [2.24, 2.45) is 0 Å². The van der Waals surface area contributed by atoms with Crippen molar-refractivity contribution in [2.75, 3.05) is 32.8 Å². The molecular weight excluding hydrogens is 352 g/mol. The minimum atomic E-state index is -0.110. The predicted molar refractivity (Wildman–Crippen MR) is 108 cm³/mol. The van der Waals surface area contributed by atoms with E-state index in [1.807, 2.05) is 27.8 Å². The maximum Gasteiger partial charge on any atom is 0.219 e. The lowest BCUT2D eigenvalue weighted by atomic mass is 9.89. The number of amides is 1. The van der Waals surface area contributed by atoms with Crippen molar-refractivity contribution in [1.82, 2.24) is 19.6 Å². The van der Waals surface area contributed by atoms with Crippen LogP contribution in [-0.2, 0) is 16.1 Å². The number of carbonyl (C=O) groups excluding carboxylic acids is 1. The molecule has 0 atom stereocenters. The Bertz CT molecular complexity index is 838. The Labute approximate surface area is 167 Å². The van der Waals surface area contributed by atoms with Crippen LogP contribution in [0.15, 0.2) is 30.3 Å². The summed E-state index contributed by atoms with van der Waals surface area (Å²) in [5.41, 5.74) is 4.59. The van der Waals surface area contributed by atoms with Crippen molar-refractivity contribution in [3.8, 4) is 5.69 Å². The number of aromatic nitrogens is 2. The highest BCUT2D eigenvalue weighted by atomic mass is 16.5. The molecule has 3 heterocycles. The molecule has 0 N–H and O–H groups in total. The number of likely N-dealkylation sites (tertiary alicyclic amines) is 1. The molecule has 1 aromatic carbocycles. The summed E-state index contributed by atoms with van der Waals surface area (Å²) in [6, 6.07) is 10.3. The van der Waals surface area contributed by atoms with E-state index in [-0.39, 0.29) is 11.5 Å². The number of carbonyl (C=O) groups is 1. The highest BCUT2D eigenvalue weighted by Gasteiger charge is 2.40. The molecule has 28 heavy (non-hydrogen) atoms. The maximum absolute atomic E-state index is 11.6. The minimum absolute atomic E-state index is 0.110. The van der Waals surface area contributed by atoms with E-state index in [2.05, 4.69) is 30.9 Å². The molecule has 2 aromatic rings. The van der Waals surface area contributed by atoms with Gasteiger partial charge in [-0.05, 0) is 38.8 Å². The third kappa shape index (κ3) is 3.71. The highest BCUT2D eigenvalue weighted by molar-refractivity contribution is 5.73. The molecule has 2 saturated heterocycles. The predicted octanol–water partition coefficient (Wildman–Crippen LogP) is 2.70. The van der Waals surface area contributed by atoms with E-state index in [9.17, 15) is 4.79 Å². The SMILES string of the molecule is CC(=O)N1CCC2(CC1)CN(Cc1c(C)nn(-c3ccccc3)c1C)CCO2. The third-order valence-electron chi connectivity index (χ3n) is 6.27. The molecule has 0 radical (unpaired) electrons. The molecule has 2 fully saturated rings.